The van der Waals surface area contributed by atoms with Gasteiger partial charge in [-0.15, -0.1) is 0 Å². The predicted octanol–water partition coefficient (Wildman–Crippen LogP) is 2.08. The summed E-state index contributed by atoms with van der Waals surface area (Å²) in [5.74, 6) is 1.69. The topological polar surface area (TPSA) is 61.9 Å². The number of carbonyl (C=O) groups excluding carboxylic acids is 2. The van der Waals surface area contributed by atoms with E-state index in [9.17, 15) is 9.59 Å². The second kappa shape index (κ2) is 9.92. The van der Waals surface area contributed by atoms with Crippen LogP contribution >= 0.6 is 0 Å². The average Bonchev–Trinajstić information content (AvgIpc) is 3.12. The smallest absolute Gasteiger partial charge is 0.224 e. The summed E-state index contributed by atoms with van der Waals surface area (Å²) in [5.41, 5.74) is 1.34. The number of carbonyl (C=O) groups is 2. The van der Waals surface area contributed by atoms with Gasteiger partial charge in [-0.1, -0.05) is 12.1 Å². The van der Waals surface area contributed by atoms with Gasteiger partial charge in [0.2, 0.25) is 11.8 Å². The maximum Gasteiger partial charge on any atom is 0.224 e. The summed E-state index contributed by atoms with van der Waals surface area (Å²) in [5, 5.41) is 2.88. The van der Waals surface area contributed by atoms with Crippen molar-refractivity contribution in [3.63, 3.8) is 0 Å². The molecule has 0 radical (unpaired) electrons. The zero-order valence-electron chi connectivity index (χ0n) is 17.2. The second-order valence-corrected chi connectivity index (χ2v) is 8.16. The van der Waals surface area contributed by atoms with Gasteiger partial charge in [-0.05, 0) is 62.4 Å². The number of nitrogens with one attached hydrogen (secondary N) is 1. The molecule has 1 unspecified atom stereocenters. The first-order valence-electron chi connectivity index (χ1n) is 10.4. The first-order valence-corrected chi connectivity index (χ1v) is 10.4. The largest absolute Gasteiger partial charge is 0.497 e. The van der Waals surface area contributed by atoms with Crippen molar-refractivity contribution < 1.29 is 14.3 Å². The predicted molar refractivity (Wildman–Crippen MR) is 109 cm³/mol. The van der Waals surface area contributed by atoms with Crippen LogP contribution in [0.4, 0.5) is 0 Å². The van der Waals surface area contributed by atoms with E-state index >= 15 is 0 Å². The molecule has 0 saturated carbocycles. The molecule has 2 fully saturated rings. The van der Waals surface area contributed by atoms with Crippen molar-refractivity contribution in [2.75, 3.05) is 40.3 Å². The number of methoxy groups -OCH3 is 1. The number of hydrogen-bond donors (Lipinski definition) is 1. The second-order valence-electron chi connectivity index (χ2n) is 8.16. The molecule has 6 nitrogen and oxygen atoms in total. The normalized spacial score (nSPS) is 20.8. The summed E-state index contributed by atoms with van der Waals surface area (Å²) in [6.07, 6.45) is 5.10. The molecular weight excluding hydrogens is 354 g/mol. The van der Waals surface area contributed by atoms with Crippen LogP contribution in [0.15, 0.2) is 24.3 Å². The lowest BCUT2D eigenvalue weighted by Gasteiger charge is -2.34. The maximum atomic E-state index is 12.4. The Morgan fingerprint density at radius 2 is 1.93 bits per heavy atom. The molecule has 1 N–H and O–H groups in total. The number of amides is 2. The van der Waals surface area contributed by atoms with Crippen molar-refractivity contribution in [2.45, 2.75) is 44.6 Å². The van der Waals surface area contributed by atoms with Gasteiger partial charge in [-0.2, -0.15) is 0 Å². The minimum atomic E-state index is 0.0299. The number of nitrogens with zero attached hydrogens (tertiary/aromatic N) is 2. The van der Waals surface area contributed by atoms with Crippen LogP contribution in [0, 0.1) is 5.92 Å². The summed E-state index contributed by atoms with van der Waals surface area (Å²) >= 11 is 0. The molecule has 28 heavy (non-hydrogen) atoms. The van der Waals surface area contributed by atoms with Gasteiger partial charge in [0.1, 0.15) is 5.75 Å². The molecule has 0 aliphatic carbocycles. The van der Waals surface area contributed by atoms with E-state index in [4.69, 9.17) is 4.74 Å². The Morgan fingerprint density at radius 1 is 1.21 bits per heavy atom. The van der Waals surface area contributed by atoms with Gasteiger partial charge in [0, 0.05) is 39.0 Å². The van der Waals surface area contributed by atoms with Gasteiger partial charge >= 0.3 is 0 Å². The highest BCUT2D eigenvalue weighted by Gasteiger charge is 2.26. The molecule has 2 aliphatic rings. The third-order valence-corrected chi connectivity index (χ3v) is 6.05. The molecule has 0 bridgehead atoms. The monoisotopic (exact) mass is 387 g/mol. The quantitative estimate of drug-likeness (QED) is 0.742. The molecule has 2 aliphatic heterocycles. The summed E-state index contributed by atoms with van der Waals surface area (Å²) in [7, 11) is 3.59. The Bertz CT molecular complexity index is 653. The molecule has 0 spiro atoms. The van der Waals surface area contributed by atoms with Crippen LogP contribution in [0.1, 0.15) is 37.7 Å². The van der Waals surface area contributed by atoms with E-state index in [1.54, 1.807) is 7.11 Å². The lowest BCUT2D eigenvalue weighted by atomic mass is 9.95. The number of piperidine rings is 1. The Balaban J connectivity index is 1.34. The number of benzene rings is 1. The highest BCUT2D eigenvalue weighted by molar-refractivity contribution is 5.81. The van der Waals surface area contributed by atoms with Gasteiger partial charge in [-0.25, -0.2) is 0 Å². The van der Waals surface area contributed by atoms with Gasteiger partial charge in [0.15, 0.2) is 0 Å². The molecule has 2 heterocycles. The number of rotatable bonds is 8. The van der Waals surface area contributed by atoms with E-state index < -0.39 is 0 Å². The molecular formula is C22H33N3O3. The van der Waals surface area contributed by atoms with Crippen LogP contribution in [0.25, 0.3) is 0 Å². The maximum absolute atomic E-state index is 12.4. The third kappa shape index (κ3) is 5.96. The van der Waals surface area contributed by atoms with E-state index in [0.29, 0.717) is 18.8 Å². The SMILES string of the molecule is COc1ccc(CCN2CCC(CN(C)C(=O)CC3CCC(=O)N3)CC2)cc1. The van der Waals surface area contributed by atoms with Crippen molar-refractivity contribution in [3.05, 3.63) is 29.8 Å². The third-order valence-electron chi connectivity index (χ3n) is 6.05. The van der Waals surface area contributed by atoms with Gasteiger partial charge in [-0.3, -0.25) is 9.59 Å². The number of likely N-dealkylation sites (tertiary alicyclic amines) is 1. The van der Waals surface area contributed by atoms with E-state index in [2.05, 4.69) is 22.3 Å². The van der Waals surface area contributed by atoms with Crippen LogP contribution in [-0.4, -0.2) is 68.0 Å². The summed E-state index contributed by atoms with van der Waals surface area (Å²) in [4.78, 5) is 28.1. The van der Waals surface area contributed by atoms with Crippen molar-refractivity contribution in [2.24, 2.45) is 5.92 Å². The summed E-state index contributed by atoms with van der Waals surface area (Å²) in [6.45, 7) is 4.10. The zero-order valence-corrected chi connectivity index (χ0v) is 17.2. The molecule has 1 aromatic carbocycles. The first-order chi connectivity index (χ1) is 13.5. The lowest BCUT2D eigenvalue weighted by molar-refractivity contribution is -0.131. The molecule has 1 atom stereocenters. The van der Waals surface area contributed by atoms with Gasteiger partial charge < -0.3 is 19.9 Å². The highest BCUT2D eigenvalue weighted by Crippen LogP contribution is 2.20. The van der Waals surface area contributed by atoms with Crippen LogP contribution in [-0.2, 0) is 16.0 Å². The summed E-state index contributed by atoms with van der Waals surface area (Å²) in [6, 6.07) is 8.34. The Morgan fingerprint density at radius 3 is 2.54 bits per heavy atom. The fourth-order valence-corrected chi connectivity index (χ4v) is 4.16. The molecule has 2 saturated heterocycles. The van der Waals surface area contributed by atoms with Gasteiger partial charge in [0.25, 0.3) is 0 Å². The van der Waals surface area contributed by atoms with Crippen LogP contribution < -0.4 is 10.1 Å². The fraction of sp³-hybridized carbons (Fsp3) is 0.636. The van der Waals surface area contributed by atoms with Crippen molar-refractivity contribution in [3.8, 4) is 5.75 Å². The van der Waals surface area contributed by atoms with Crippen molar-refractivity contribution >= 4 is 11.8 Å². The van der Waals surface area contributed by atoms with Crippen LogP contribution in [0.5, 0.6) is 5.75 Å². The average molecular weight is 388 g/mol. The van der Waals surface area contributed by atoms with E-state index in [0.717, 1.165) is 57.6 Å². The Kier molecular flexibility index (Phi) is 7.31. The Hall–Kier alpha value is -2.08. The van der Waals surface area contributed by atoms with Crippen molar-refractivity contribution in [1.82, 2.24) is 15.1 Å². The van der Waals surface area contributed by atoms with E-state index in [1.807, 2.05) is 24.1 Å². The van der Waals surface area contributed by atoms with Crippen LogP contribution in [0.3, 0.4) is 0 Å². The zero-order chi connectivity index (χ0) is 19.9. The lowest BCUT2D eigenvalue weighted by Crippen LogP contribution is -2.41. The Labute approximate surface area is 168 Å². The highest BCUT2D eigenvalue weighted by atomic mass is 16.5. The summed E-state index contributed by atoms with van der Waals surface area (Å²) < 4.78 is 5.21. The minimum absolute atomic E-state index is 0.0299. The molecule has 154 valence electrons. The number of hydrogen-bond acceptors (Lipinski definition) is 4. The minimum Gasteiger partial charge on any atom is -0.497 e. The first kappa shape index (κ1) is 20.6. The molecule has 6 heteroatoms. The number of ether oxygens (including phenoxy) is 1. The van der Waals surface area contributed by atoms with E-state index in [-0.39, 0.29) is 17.9 Å². The van der Waals surface area contributed by atoms with Crippen LogP contribution in [0.2, 0.25) is 0 Å². The van der Waals surface area contributed by atoms with Gasteiger partial charge in [0.05, 0.1) is 7.11 Å². The molecule has 1 aromatic rings. The van der Waals surface area contributed by atoms with Crippen molar-refractivity contribution in [1.29, 1.82) is 0 Å². The molecule has 2 amide bonds. The molecule has 3 rings (SSSR count). The van der Waals surface area contributed by atoms with E-state index in [1.165, 1.54) is 5.56 Å². The molecule has 0 aromatic heterocycles. The standard InChI is InChI=1S/C22H33N3O3/c1-24(22(27)15-19-5-8-21(26)23-19)16-18-10-13-25(14-11-18)12-9-17-3-6-20(28-2)7-4-17/h3-4,6-7,18-19H,5,8-16H2,1-2H3,(H,23,26). The fourth-order valence-electron chi connectivity index (χ4n) is 4.16.